The van der Waals surface area contributed by atoms with Crippen molar-refractivity contribution in [3.05, 3.63) is 60.2 Å². The number of benzene rings is 2. The number of hydrogen-bond donors (Lipinski definition) is 0. The number of rotatable bonds is 3. The van der Waals surface area contributed by atoms with Crippen molar-refractivity contribution < 1.29 is 19.1 Å². The molecule has 0 unspecified atom stereocenters. The third-order valence-corrected chi connectivity index (χ3v) is 2.85. The molecule has 2 rings (SSSR count). The summed E-state index contributed by atoms with van der Waals surface area (Å²) >= 11 is 0. The average Bonchev–Trinajstić information content (AvgIpc) is 2.47. The van der Waals surface area contributed by atoms with Crippen LogP contribution >= 0.6 is 0 Å². The molecule has 0 fully saturated rings. The number of ether oxygens (including phenoxy) is 2. The molecule has 0 saturated heterocycles. The maximum Gasteiger partial charge on any atom is 0.343 e. The van der Waals surface area contributed by atoms with Gasteiger partial charge in [-0.1, -0.05) is 24.3 Å². The van der Waals surface area contributed by atoms with Crippen LogP contribution in [0.5, 0.6) is 11.5 Å². The largest absolute Gasteiger partial charge is 0.426 e. The molecule has 0 bridgehead atoms. The Morgan fingerprint density at radius 3 is 2.09 bits per heavy atom. The first-order chi connectivity index (χ1) is 10.4. The van der Waals surface area contributed by atoms with Gasteiger partial charge < -0.3 is 9.47 Å². The Balaban J connectivity index is 2.11. The first-order valence-electron chi connectivity index (χ1n) is 6.96. The monoisotopic (exact) mass is 298 g/mol. The lowest BCUT2D eigenvalue weighted by Gasteiger charge is -2.16. The van der Waals surface area contributed by atoms with Crippen molar-refractivity contribution >= 4 is 11.9 Å². The molecule has 22 heavy (non-hydrogen) atoms. The second-order valence-corrected chi connectivity index (χ2v) is 5.87. The van der Waals surface area contributed by atoms with Gasteiger partial charge >= 0.3 is 11.9 Å². The van der Waals surface area contributed by atoms with E-state index >= 15 is 0 Å². The second-order valence-electron chi connectivity index (χ2n) is 5.87. The van der Waals surface area contributed by atoms with Crippen LogP contribution in [0.1, 0.15) is 31.1 Å². The molecule has 0 N–H and O–H groups in total. The van der Waals surface area contributed by atoms with Gasteiger partial charge in [0.1, 0.15) is 11.5 Å². The molecule has 4 nitrogen and oxygen atoms in total. The van der Waals surface area contributed by atoms with E-state index in [2.05, 4.69) is 0 Å². The van der Waals surface area contributed by atoms with E-state index in [1.165, 1.54) is 6.07 Å². The van der Waals surface area contributed by atoms with Crippen LogP contribution in [0.4, 0.5) is 0 Å². The van der Waals surface area contributed by atoms with Crippen LogP contribution in [-0.2, 0) is 4.79 Å². The summed E-state index contributed by atoms with van der Waals surface area (Å²) in [6.07, 6.45) is 0. The molecule has 0 radical (unpaired) electrons. The third-order valence-electron chi connectivity index (χ3n) is 2.85. The molecule has 114 valence electrons. The minimum absolute atomic E-state index is 0.322. The molecule has 0 aliphatic rings. The maximum absolute atomic E-state index is 12.1. The molecule has 2 aromatic carbocycles. The summed E-state index contributed by atoms with van der Waals surface area (Å²) in [6, 6.07) is 15.2. The van der Waals surface area contributed by atoms with Gasteiger partial charge in [0.2, 0.25) is 0 Å². The Bertz CT molecular complexity index is 669. The molecule has 0 aromatic heterocycles. The molecular formula is C18H18O4. The highest BCUT2D eigenvalue weighted by Gasteiger charge is 2.24. The van der Waals surface area contributed by atoms with Crippen molar-refractivity contribution in [2.45, 2.75) is 20.8 Å². The van der Waals surface area contributed by atoms with Crippen LogP contribution in [0.3, 0.4) is 0 Å². The van der Waals surface area contributed by atoms with E-state index in [0.29, 0.717) is 17.1 Å². The van der Waals surface area contributed by atoms with Gasteiger partial charge in [-0.15, -0.1) is 0 Å². The third kappa shape index (κ3) is 4.19. The zero-order valence-corrected chi connectivity index (χ0v) is 12.8. The Labute approximate surface area is 129 Å². The lowest BCUT2D eigenvalue weighted by atomic mass is 9.97. The predicted octanol–water partition coefficient (Wildman–Crippen LogP) is 3.86. The molecule has 0 aliphatic heterocycles. The van der Waals surface area contributed by atoms with Crippen LogP contribution in [0.15, 0.2) is 54.6 Å². The molecule has 0 saturated carbocycles. The van der Waals surface area contributed by atoms with Crippen molar-refractivity contribution in [2.75, 3.05) is 0 Å². The van der Waals surface area contributed by atoms with Crippen molar-refractivity contribution in [3.63, 3.8) is 0 Å². The number of para-hydroxylation sites is 1. The molecule has 0 spiro atoms. The van der Waals surface area contributed by atoms with Crippen molar-refractivity contribution in [2.24, 2.45) is 5.41 Å². The Morgan fingerprint density at radius 2 is 1.45 bits per heavy atom. The van der Waals surface area contributed by atoms with Crippen LogP contribution in [0.25, 0.3) is 0 Å². The molecule has 0 amide bonds. The van der Waals surface area contributed by atoms with Gasteiger partial charge in [-0.05, 0) is 51.1 Å². The van der Waals surface area contributed by atoms with Gasteiger partial charge in [0.05, 0.1) is 11.0 Å². The van der Waals surface area contributed by atoms with E-state index in [1.54, 1.807) is 63.2 Å². The van der Waals surface area contributed by atoms with E-state index in [9.17, 15) is 9.59 Å². The maximum atomic E-state index is 12.1. The zero-order valence-electron chi connectivity index (χ0n) is 12.8. The quantitative estimate of drug-likeness (QED) is 0.638. The van der Waals surface area contributed by atoms with E-state index in [1.807, 2.05) is 6.07 Å². The minimum Gasteiger partial charge on any atom is -0.426 e. The number of esters is 2. The SMILES string of the molecule is CC(C)(C)C(=O)Oc1cccc(C(=O)Oc2ccccc2)c1. The Morgan fingerprint density at radius 1 is 0.818 bits per heavy atom. The van der Waals surface area contributed by atoms with E-state index in [4.69, 9.17) is 9.47 Å². The van der Waals surface area contributed by atoms with Gasteiger partial charge in [-0.25, -0.2) is 4.79 Å². The topological polar surface area (TPSA) is 52.6 Å². The number of carbonyl (C=O) groups is 2. The van der Waals surface area contributed by atoms with Crippen LogP contribution < -0.4 is 9.47 Å². The lowest BCUT2D eigenvalue weighted by molar-refractivity contribution is -0.143. The summed E-state index contributed by atoms with van der Waals surface area (Å²) in [5, 5.41) is 0. The fourth-order valence-corrected chi connectivity index (χ4v) is 1.60. The molecule has 2 aromatic rings. The van der Waals surface area contributed by atoms with Crippen molar-refractivity contribution in [1.82, 2.24) is 0 Å². The van der Waals surface area contributed by atoms with E-state index in [-0.39, 0.29) is 5.97 Å². The summed E-state index contributed by atoms with van der Waals surface area (Å²) in [6.45, 7) is 5.30. The van der Waals surface area contributed by atoms with Gasteiger partial charge in [0, 0.05) is 0 Å². The van der Waals surface area contributed by atoms with E-state index in [0.717, 1.165) is 0 Å². The molecule has 0 aliphatic carbocycles. The van der Waals surface area contributed by atoms with E-state index < -0.39 is 11.4 Å². The molecular weight excluding hydrogens is 280 g/mol. The molecule has 0 heterocycles. The lowest BCUT2D eigenvalue weighted by Crippen LogP contribution is -2.25. The van der Waals surface area contributed by atoms with Gasteiger partial charge in [-0.3, -0.25) is 4.79 Å². The van der Waals surface area contributed by atoms with Crippen molar-refractivity contribution in [1.29, 1.82) is 0 Å². The summed E-state index contributed by atoms with van der Waals surface area (Å²) < 4.78 is 10.5. The fraction of sp³-hybridized carbons (Fsp3) is 0.222. The fourth-order valence-electron chi connectivity index (χ4n) is 1.60. The highest BCUT2D eigenvalue weighted by molar-refractivity contribution is 5.91. The Kier molecular flexibility index (Phi) is 4.61. The summed E-state index contributed by atoms with van der Waals surface area (Å²) in [5.74, 6) is -0.0760. The van der Waals surface area contributed by atoms with Gasteiger partial charge in [-0.2, -0.15) is 0 Å². The molecule has 0 atom stereocenters. The molecule has 4 heteroatoms. The normalized spacial score (nSPS) is 10.9. The first kappa shape index (κ1) is 15.8. The van der Waals surface area contributed by atoms with Crippen LogP contribution in [0.2, 0.25) is 0 Å². The standard InChI is InChI=1S/C18H18O4/c1-18(2,3)17(20)22-15-11-7-8-13(12-15)16(19)21-14-9-5-4-6-10-14/h4-12H,1-3H3. The van der Waals surface area contributed by atoms with Crippen LogP contribution in [0, 0.1) is 5.41 Å². The summed E-state index contributed by atoms with van der Waals surface area (Å²) in [5.41, 5.74) is -0.288. The summed E-state index contributed by atoms with van der Waals surface area (Å²) in [7, 11) is 0. The predicted molar refractivity (Wildman–Crippen MR) is 82.9 cm³/mol. The number of hydrogen-bond acceptors (Lipinski definition) is 4. The van der Waals surface area contributed by atoms with Gasteiger partial charge in [0.15, 0.2) is 0 Å². The smallest absolute Gasteiger partial charge is 0.343 e. The first-order valence-corrected chi connectivity index (χ1v) is 6.96. The van der Waals surface area contributed by atoms with Gasteiger partial charge in [0.25, 0.3) is 0 Å². The average molecular weight is 298 g/mol. The van der Waals surface area contributed by atoms with Crippen molar-refractivity contribution in [3.8, 4) is 11.5 Å². The summed E-state index contributed by atoms with van der Waals surface area (Å²) in [4.78, 5) is 24.0. The highest BCUT2D eigenvalue weighted by atomic mass is 16.5. The Hall–Kier alpha value is -2.62. The number of carbonyl (C=O) groups excluding carboxylic acids is 2. The zero-order chi connectivity index (χ0) is 16.2. The second kappa shape index (κ2) is 6.43. The highest BCUT2D eigenvalue weighted by Crippen LogP contribution is 2.21. The minimum atomic E-state index is -0.611. The van der Waals surface area contributed by atoms with Crippen LogP contribution in [-0.4, -0.2) is 11.9 Å².